The molecule has 0 unspecified atom stereocenters. The SMILES string of the molecule is c1ccc2c(c1)occc1c[nH]ccn2-1. The Hall–Kier alpha value is -2.16. The average Bonchev–Trinajstić information content (AvgIpc) is 2.48. The molecule has 1 aromatic rings. The molecule has 3 rings (SSSR count). The highest BCUT2D eigenvalue weighted by Crippen LogP contribution is 2.17. The fourth-order valence-electron chi connectivity index (χ4n) is 1.69. The molecular weight excluding hydrogens is 188 g/mol. The first kappa shape index (κ1) is 8.17. The molecule has 1 aromatic carbocycles. The third-order valence-electron chi connectivity index (χ3n) is 2.39. The number of hydrogen-bond acceptors (Lipinski definition) is 1. The van der Waals surface area contributed by atoms with Crippen molar-refractivity contribution in [1.29, 1.82) is 0 Å². The Labute approximate surface area is 86.6 Å². The lowest BCUT2D eigenvalue weighted by atomic mass is 10.3. The third kappa shape index (κ3) is 1.29. The Bertz CT molecular complexity index is 601. The Morgan fingerprint density at radius 3 is 3.07 bits per heavy atom. The lowest BCUT2D eigenvalue weighted by Gasteiger charge is -2.06. The number of benzene rings is 1. The molecule has 3 nitrogen and oxygen atoms in total. The number of fused-ring (bicyclic) bond motifs is 3. The van der Waals surface area contributed by atoms with E-state index in [1.54, 1.807) is 6.26 Å². The Kier molecular flexibility index (Phi) is 1.75. The maximum atomic E-state index is 5.52. The van der Waals surface area contributed by atoms with Crippen molar-refractivity contribution in [1.82, 2.24) is 9.55 Å². The van der Waals surface area contributed by atoms with Crippen molar-refractivity contribution in [2.45, 2.75) is 0 Å². The second-order valence-corrected chi connectivity index (χ2v) is 3.31. The minimum atomic E-state index is 0.865. The number of rotatable bonds is 0. The van der Waals surface area contributed by atoms with E-state index in [1.165, 1.54) is 0 Å². The molecule has 2 heterocycles. The van der Waals surface area contributed by atoms with Gasteiger partial charge in [0.05, 0.1) is 17.5 Å². The largest absolute Gasteiger partial charge is 0.463 e. The van der Waals surface area contributed by atoms with Gasteiger partial charge in [0.15, 0.2) is 0 Å². The monoisotopic (exact) mass is 198 g/mol. The van der Waals surface area contributed by atoms with Crippen LogP contribution in [0.25, 0.3) is 16.8 Å². The van der Waals surface area contributed by atoms with Gasteiger partial charge in [-0.2, -0.15) is 0 Å². The molecule has 0 aromatic heterocycles. The van der Waals surface area contributed by atoms with Crippen molar-refractivity contribution in [3.63, 3.8) is 0 Å². The van der Waals surface area contributed by atoms with E-state index in [0.717, 1.165) is 16.8 Å². The van der Waals surface area contributed by atoms with Crippen LogP contribution in [0.15, 0.2) is 59.6 Å². The van der Waals surface area contributed by atoms with E-state index in [0.29, 0.717) is 0 Å². The molecule has 0 fully saturated rings. The predicted molar refractivity (Wildman–Crippen MR) is 58.7 cm³/mol. The van der Waals surface area contributed by atoms with Crippen molar-refractivity contribution in [3.05, 3.63) is 55.2 Å². The van der Waals surface area contributed by atoms with Gasteiger partial charge >= 0.3 is 0 Å². The highest BCUT2D eigenvalue weighted by Gasteiger charge is 2.00. The van der Waals surface area contributed by atoms with Crippen LogP contribution < -0.4 is 0 Å². The van der Waals surface area contributed by atoms with Gasteiger partial charge in [-0.05, 0) is 18.2 Å². The zero-order valence-electron chi connectivity index (χ0n) is 8.05. The molecule has 15 heavy (non-hydrogen) atoms. The van der Waals surface area contributed by atoms with E-state index in [-0.39, 0.29) is 0 Å². The lowest BCUT2D eigenvalue weighted by molar-refractivity contribution is 0.607. The summed E-state index contributed by atoms with van der Waals surface area (Å²) in [6.07, 6.45) is 7.50. The lowest BCUT2D eigenvalue weighted by Crippen LogP contribution is -1.95. The summed E-state index contributed by atoms with van der Waals surface area (Å²) in [7, 11) is 0. The Balaban J connectivity index is 2.55. The van der Waals surface area contributed by atoms with Gasteiger partial charge < -0.3 is 14.0 Å². The zero-order chi connectivity index (χ0) is 10.1. The summed E-state index contributed by atoms with van der Waals surface area (Å²) in [6, 6.07) is 9.88. The molecule has 0 spiro atoms. The first-order chi connectivity index (χ1) is 7.45. The molecule has 74 valence electrons. The number of aromatic amines is 1. The van der Waals surface area contributed by atoms with E-state index in [1.807, 2.05) is 48.9 Å². The van der Waals surface area contributed by atoms with Crippen molar-refractivity contribution >= 4 is 11.1 Å². The minimum Gasteiger partial charge on any atom is -0.463 e. The predicted octanol–water partition coefficient (Wildman–Crippen LogP) is 3.11. The average molecular weight is 198 g/mol. The van der Waals surface area contributed by atoms with Gasteiger partial charge in [0.25, 0.3) is 0 Å². The Morgan fingerprint density at radius 2 is 2.07 bits per heavy atom. The second kappa shape index (κ2) is 3.20. The summed E-state index contributed by atoms with van der Waals surface area (Å²) in [4.78, 5) is 3.05. The van der Waals surface area contributed by atoms with Crippen LogP contribution in [0.2, 0.25) is 0 Å². The van der Waals surface area contributed by atoms with Crippen molar-refractivity contribution in [3.8, 4) is 5.69 Å². The second-order valence-electron chi connectivity index (χ2n) is 3.31. The molecule has 0 aliphatic carbocycles. The number of para-hydroxylation sites is 2. The Morgan fingerprint density at radius 1 is 1.13 bits per heavy atom. The first-order valence-corrected chi connectivity index (χ1v) is 4.79. The topological polar surface area (TPSA) is 33.9 Å². The van der Waals surface area contributed by atoms with E-state index in [2.05, 4.69) is 9.55 Å². The van der Waals surface area contributed by atoms with Gasteiger partial charge in [0.2, 0.25) is 0 Å². The van der Waals surface area contributed by atoms with Gasteiger partial charge in [-0.15, -0.1) is 0 Å². The van der Waals surface area contributed by atoms with Crippen LogP contribution in [0.5, 0.6) is 0 Å². The molecule has 1 N–H and O–H groups in total. The summed E-state index contributed by atoms with van der Waals surface area (Å²) < 4.78 is 7.59. The molecule has 3 heteroatoms. The van der Waals surface area contributed by atoms with Crippen LogP contribution in [0.1, 0.15) is 0 Å². The van der Waals surface area contributed by atoms with Crippen molar-refractivity contribution in [2.24, 2.45) is 0 Å². The fraction of sp³-hybridized carbons (Fsp3) is 0. The van der Waals surface area contributed by atoms with Crippen molar-refractivity contribution in [2.75, 3.05) is 0 Å². The highest BCUT2D eigenvalue weighted by atomic mass is 16.3. The van der Waals surface area contributed by atoms with Gasteiger partial charge in [-0.1, -0.05) is 12.1 Å². The van der Waals surface area contributed by atoms with E-state index >= 15 is 0 Å². The smallest absolute Gasteiger partial charge is 0.150 e. The summed E-state index contributed by atoms with van der Waals surface area (Å²) in [5.74, 6) is 0. The molecule has 2 aliphatic heterocycles. The van der Waals surface area contributed by atoms with Gasteiger partial charge in [0.1, 0.15) is 5.58 Å². The quantitative estimate of drug-likeness (QED) is 0.591. The van der Waals surface area contributed by atoms with Crippen LogP contribution in [-0.4, -0.2) is 9.55 Å². The van der Waals surface area contributed by atoms with E-state index < -0.39 is 0 Å². The van der Waals surface area contributed by atoms with Crippen LogP contribution in [0, 0.1) is 0 Å². The molecule has 0 saturated heterocycles. The number of nitrogens with zero attached hydrogens (tertiary/aromatic N) is 1. The fourth-order valence-corrected chi connectivity index (χ4v) is 1.69. The molecular formula is C12H10N2O. The van der Waals surface area contributed by atoms with Gasteiger partial charge in [0, 0.05) is 18.6 Å². The maximum Gasteiger partial charge on any atom is 0.150 e. The molecule has 0 saturated carbocycles. The van der Waals surface area contributed by atoms with E-state index in [4.69, 9.17) is 4.42 Å². The first-order valence-electron chi connectivity index (χ1n) is 4.79. The van der Waals surface area contributed by atoms with Crippen LogP contribution in [0.4, 0.5) is 0 Å². The molecule has 0 bridgehead atoms. The van der Waals surface area contributed by atoms with Gasteiger partial charge in [-0.25, -0.2) is 0 Å². The molecule has 0 amide bonds. The van der Waals surface area contributed by atoms with E-state index in [9.17, 15) is 0 Å². The maximum absolute atomic E-state index is 5.52. The summed E-state index contributed by atoms with van der Waals surface area (Å²) in [5.41, 5.74) is 2.97. The molecule has 0 radical (unpaired) electrons. The minimum absolute atomic E-state index is 0.865. The normalized spacial score (nSPS) is 10.7. The molecule has 0 atom stereocenters. The standard InChI is InChI=1S/C12H10N2O/c1-2-4-12-11(3-1)14-7-6-13-9-10(14)5-8-15-12/h1-9,13H. The van der Waals surface area contributed by atoms with Crippen molar-refractivity contribution < 1.29 is 4.42 Å². The number of hydrogen-bond donors (Lipinski definition) is 1. The number of aromatic nitrogens is 2. The van der Waals surface area contributed by atoms with Crippen LogP contribution >= 0.6 is 0 Å². The summed E-state index contributed by atoms with van der Waals surface area (Å²) in [5, 5.41) is 0. The van der Waals surface area contributed by atoms with Crippen LogP contribution in [-0.2, 0) is 0 Å². The zero-order valence-corrected chi connectivity index (χ0v) is 8.05. The third-order valence-corrected chi connectivity index (χ3v) is 2.39. The number of H-pyrrole nitrogens is 1. The van der Waals surface area contributed by atoms with Gasteiger partial charge in [-0.3, -0.25) is 0 Å². The summed E-state index contributed by atoms with van der Waals surface area (Å²) in [6.45, 7) is 0. The summed E-state index contributed by atoms with van der Waals surface area (Å²) >= 11 is 0. The molecule has 2 aliphatic rings. The number of nitrogens with one attached hydrogen (secondary N) is 1. The van der Waals surface area contributed by atoms with Crippen LogP contribution in [0.3, 0.4) is 0 Å². The highest BCUT2D eigenvalue weighted by molar-refractivity contribution is 5.74.